The number of aryl methyl sites for hydroxylation is 1. The molecule has 8 heteroatoms. The van der Waals surface area contributed by atoms with Crippen LogP contribution >= 0.6 is 11.3 Å². The molecule has 0 radical (unpaired) electrons. The number of ether oxygens (including phenoxy) is 1. The Morgan fingerprint density at radius 2 is 2.08 bits per heavy atom. The summed E-state index contributed by atoms with van der Waals surface area (Å²) in [6, 6.07) is 1.76. The van der Waals surface area contributed by atoms with E-state index in [4.69, 9.17) is 4.74 Å². The second kappa shape index (κ2) is 8.05. The van der Waals surface area contributed by atoms with Crippen molar-refractivity contribution in [2.75, 3.05) is 37.7 Å². The normalized spacial score (nSPS) is 14.7. The number of piperazine rings is 1. The van der Waals surface area contributed by atoms with Gasteiger partial charge in [-0.15, -0.1) is 11.3 Å². The van der Waals surface area contributed by atoms with Gasteiger partial charge >= 0.3 is 0 Å². The topological polar surface area (TPSA) is 71.5 Å². The lowest BCUT2D eigenvalue weighted by atomic mass is 10.2. The maximum Gasteiger partial charge on any atom is 0.228 e. The Morgan fingerprint density at radius 3 is 2.79 bits per heavy atom. The van der Waals surface area contributed by atoms with Gasteiger partial charge in [-0.2, -0.15) is 4.98 Å². The molecule has 24 heavy (non-hydrogen) atoms. The number of rotatable bonds is 6. The molecule has 1 amide bonds. The summed E-state index contributed by atoms with van der Waals surface area (Å²) in [6.07, 6.45) is 4.72. The van der Waals surface area contributed by atoms with Crippen molar-refractivity contribution in [1.82, 2.24) is 19.9 Å². The summed E-state index contributed by atoms with van der Waals surface area (Å²) in [6.45, 7) is 5.37. The molecule has 1 aliphatic heterocycles. The van der Waals surface area contributed by atoms with Crippen LogP contribution in [-0.2, 0) is 11.2 Å². The highest BCUT2D eigenvalue weighted by molar-refractivity contribution is 7.09. The quantitative estimate of drug-likeness (QED) is 0.791. The minimum Gasteiger partial charge on any atom is -0.478 e. The van der Waals surface area contributed by atoms with Crippen LogP contribution in [0.5, 0.6) is 5.88 Å². The van der Waals surface area contributed by atoms with Crippen LogP contribution in [0.4, 0.5) is 5.95 Å². The zero-order valence-corrected chi connectivity index (χ0v) is 14.5. The molecule has 0 saturated carbocycles. The van der Waals surface area contributed by atoms with Crippen LogP contribution in [-0.4, -0.2) is 58.5 Å². The number of nitrogens with zero attached hydrogens (tertiary/aromatic N) is 5. The Hall–Kier alpha value is -2.22. The largest absolute Gasteiger partial charge is 0.478 e. The molecule has 0 atom stereocenters. The molecule has 7 nitrogen and oxygen atoms in total. The Balaban J connectivity index is 1.50. The molecule has 0 N–H and O–H groups in total. The number of anilines is 1. The first kappa shape index (κ1) is 16.6. The number of hydrogen-bond acceptors (Lipinski definition) is 7. The molecule has 0 unspecified atom stereocenters. The Bertz CT molecular complexity index is 656. The summed E-state index contributed by atoms with van der Waals surface area (Å²) in [4.78, 5) is 29.3. The molecule has 0 aromatic carbocycles. The van der Waals surface area contributed by atoms with Gasteiger partial charge in [0, 0.05) is 62.9 Å². The highest BCUT2D eigenvalue weighted by Crippen LogP contribution is 2.16. The molecule has 128 valence electrons. The number of hydrogen-bond donors (Lipinski definition) is 0. The van der Waals surface area contributed by atoms with Crippen LogP contribution in [0, 0.1) is 0 Å². The highest BCUT2D eigenvalue weighted by Gasteiger charge is 2.22. The minimum absolute atomic E-state index is 0.189. The number of amides is 1. The molecule has 0 spiro atoms. The zero-order valence-electron chi connectivity index (χ0n) is 13.7. The van der Waals surface area contributed by atoms with Gasteiger partial charge in [-0.05, 0) is 6.92 Å². The van der Waals surface area contributed by atoms with Gasteiger partial charge in [0.15, 0.2) is 0 Å². The Labute approximate surface area is 145 Å². The van der Waals surface area contributed by atoms with E-state index < -0.39 is 0 Å². The van der Waals surface area contributed by atoms with E-state index in [0.29, 0.717) is 37.9 Å². The minimum atomic E-state index is 0.189. The standard InChI is InChI=1S/C16H21N5O2S/c1-2-23-13-5-6-18-16(19-13)21-10-8-20(9-11-21)15(22)4-3-14-17-7-12-24-14/h5-7,12H,2-4,8-11H2,1H3. The van der Waals surface area contributed by atoms with E-state index in [2.05, 4.69) is 19.9 Å². The number of carbonyl (C=O) groups is 1. The first-order valence-corrected chi connectivity index (χ1v) is 9.01. The number of aromatic nitrogens is 3. The maximum atomic E-state index is 12.3. The third kappa shape index (κ3) is 4.19. The monoisotopic (exact) mass is 347 g/mol. The fraction of sp³-hybridized carbons (Fsp3) is 0.500. The molecule has 1 fully saturated rings. The average Bonchev–Trinajstić information content (AvgIpc) is 3.14. The van der Waals surface area contributed by atoms with Crippen molar-refractivity contribution in [3.63, 3.8) is 0 Å². The Morgan fingerprint density at radius 1 is 1.25 bits per heavy atom. The van der Waals surface area contributed by atoms with Gasteiger partial charge in [0.05, 0.1) is 11.6 Å². The smallest absolute Gasteiger partial charge is 0.228 e. The van der Waals surface area contributed by atoms with Gasteiger partial charge in [-0.25, -0.2) is 9.97 Å². The van der Waals surface area contributed by atoms with Crippen LogP contribution in [0.15, 0.2) is 23.8 Å². The lowest BCUT2D eigenvalue weighted by Gasteiger charge is -2.34. The van der Waals surface area contributed by atoms with E-state index in [1.165, 1.54) is 0 Å². The summed E-state index contributed by atoms with van der Waals surface area (Å²) < 4.78 is 5.42. The summed E-state index contributed by atoms with van der Waals surface area (Å²) >= 11 is 1.60. The molecular weight excluding hydrogens is 326 g/mol. The maximum absolute atomic E-state index is 12.3. The number of carbonyl (C=O) groups excluding carboxylic acids is 1. The van der Waals surface area contributed by atoms with E-state index in [9.17, 15) is 4.79 Å². The molecular formula is C16H21N5O2S. The van der Waals surface area contributed by atoms with E-state index in [-0.39, 0.29) is 5.91 Å². The van der Waals surface area contributed by atoms with Crippen molar-refractivity contribution in [1.29, 1.82) is 0 Å². The van der Waals surface area contributed by atoms with Crippen molar-refractivity contribution in [2.45, 2.75) is 19.8 Å². The van der Waals surface area contributed by atoms with Gasteiger partial charge in [-0.1, -0.05) is 0 Å². The van der Waals surface area contributed by atoms with Gasteiger partial charge in [0.2, 0.25) is 17.7 Å². The van der Waals surface area contributed by atoms with Crippen LogP contribution in [0.25, 0.3) is 0 Å². The summed E-state index contributed by atoms with van der Waals surface area (Å²) in [5.41, 5.74) is 0. The molecule has 3 heterocycles. The first-order chi connectivity index (χ1) is 11.8. The second-order valence-electron chi connectivity index (χ2n) is 5.42. The van der Waals surface area contributed by atoms with Crippen LogP contribution < -0.4 is 9.64 Å². The second-order valence-corrected chi connectivity index (χ2v) is 6.40. The first-order valence-electron chi connectivity index (χ1n) is 8.13. The molecule has 2 aromatic rings. The van der Waals surface area contributed by atoms with E-state index in [1.54, 1.807) is 29.8 Å². The predicted molar refractivity (Wildman–Crippen MR) is 92.4 cm³/mol. The lowest BCUT2D eigenvalue weighted by molar-refractivity contribution is -0.131. The third-order valence-corrected chi connectivity index (χ3v) is 4.70. The van der Waals surface area contributed by atoms with E-state index >= 15 is 0 Å². The van der Waals surface area contributed by atoms with Crippen molar-refractivity contribution in [3.05, 3.63) is 28.8 Å². The van der Waals surface area contributed by atoms with Crippen LogP contribution in [0.2, 0.25) is 0 Å². The molecule has 1 saturated heterocycles. The van der Waals surface area contributed by atoms with E-state index in [1.807, 2.05) is 17.2 Å². The lowest BCUT2D eigenvalue weighted by Crippen LogP contribution is -2.49. The third-order valence-electron chi connectivity index (χ3n) is 3.86. The fourth-order valence-corrected chi connectivity index (χ4v) is 3.24. The molecule has 3 rings (SSSR count). The van der Waals surface area contributed by atoms with Crippen molar-refractivity contribution in [3.8, 4) is 5.88 Å². The van der Waals surface area contributed by atoms with Gasteiger partial charge in [0.25, 0.3) is 0 Å². The van der Waals surface area contributed by atoms with Crippen molar-refractivity contribution in [2.24, 2.45) is 0 Å². The zero-order chi connectivity index (χ0) is 16.8. The highest BCUT2D eigenvalue weighted by atomic mass is 32.1. The molecule has 0 bridgehead atoms. The van der Waals surface area contributed by atoms with Gasteiger partial charge in [0.1, 0.15) is 0 Å². The van der Waals surface area contributed by atoms with Gasteiger partial charge < -0.3 is 14.5 Å². The summed E-state index contributed by atoms with van der Waals surface area (Å²) in [7, 11) is 0. The summed E-state index contributed by atoms with van der Waals surface area (Å²) in [5.74, 6) is 1.44. The fourth-order valence-electron chi connectivity index (χ4n) is 2.62. The summed E-state index contributed by atoms with van der Waals surface area (Å²) in [5, 5.41) is 2.96. The molecule has 1 aliphatic rings. The van der Waals surface area contributed by atoms with Crippen LogP contribution in [0.3, 0.4) is 0 Å². The molecule has 0 aliphatic carbocycles. The van der Waals surface area contributed by atoms with Gasteiger partial charge in [-0.3, -0.25) is 4.79 Å². The van der Waals surface area contributed by atoms with E-state index in [0.717, 1.165) is 24.5 Å². The Kier molecular flexibility index (Phi) is 5.58. The average molecular weight is 347 g/mol. The SMILES string of the molecule is CCOc1ccnc(N2CCN(C(=O)CCc3nccs3)CC2)n1. The van der Waals surface area contributed by atoms with Crippen LogP contribution in [0.1, 0.15) is 18.4 Å². The molecule has 2 aromatic heterocycles. The number of thiazole rings is 1. The predicted octanol–water partition coefficient (Wildman–Crippen LogP) is 1.61. The van der Waals surface area contributed by atoms with Crippen molar-refractivity contribution >= 4 is 23.2 Å². The van der Waals surface area contributed by atoms with Crippen molar-refractivity contribution < 1.29 is 9.53 Å².